The predicted octanol–water partition coefficient (Wildman–Crippen LogP) is -2.72. The highest BCUT2D eigenvalue weighted by Crippen LogP contribution is 2.11. The van der Waals surface area contributed by atoms with Crippen LogP contribution in [0.15, 0.2) is 24.3 Å². The van der Waals surface area contributed by atoms with Crippen LogP contribution in [0.4, 0.5) is 0 Å². The zero-order chi connectivity index (χ0) is 28.8. The van der Waals surface area contributed by atoms with Gasteiger partial charge in [-0.2, -0.15) is 0 Å². The van der Waals surface area contributed by atoms with Gasteiger partial charge in [-0.15, -0.1) is 0 Å². The van der Waals surface area contributed by atoms with Gasteiger partial charge in [0, 0.05) is 0 Å². The number of aromatic hydroxyl groups is 1. The van der Waals surface area contributed by atoms with Crippen LogP contribution in [-0.2, 0) is 35.2 Å². The van der Waals surface area contributed by atoms with Gasteiger partial charge in [0.05, 0.1) is 18.9 Å². The number of nitrogens with two attached hydrogens (primary N) is 3. The first-order chi connectivity index (χ1) is 17.8. The molecule has 4 atom stereocenters. The van der Waals surface area contributed by atoms with E-state index in [0.717, 1.165) is 0 Å². The van der Waals surface area contributed by atoms with Gasteiger partial charge < -0.3 is 48.5 Å². The van der Waals surface area contributed by atoms with E-state index in [0.29, 0.717) is 24.9 Å². The van der Waals surface area contributed by atoms with E-state index in [4.69, 9.17) is 27.4 Å². The normalized spacial score (nSPS) is 13.8. The van der Waals surface area contributed by atoms with E-state index in [1.54, 1.807) is 12.1 Å². The molecule has 0 unspecified atom stereocenters. The van der Waals surface area contributed by atoms with Gasteiger partial charge in [-0.1, -0.05) is 12.1 Å². The number of aliphatic carboxylic acids is 2. The Balaban J connectivity index is 2.99. The largest absolute Gasteiger partial charge is 0.508 e. The Morgan fingerprint density at radius 1 is 0.789 bits per heavy atom. The van der Waals surface area contributed by atoms with Gasteiger partial charge in [0.15, 0.2) is 0 Å². The number of unbranched alkanes of at least 4 members (excludes halogenated alkanes) is 1. The third-order valence-corrected chi connectivity index (χ3v) is 5.34. The molecule has 0 aliphatic carbocycles. The molecule has 15 nitrogen and oxygen atoms in total. The van der Waals surface area contributed by atoms with Crippen LogP contribution in [0.5, 0.6) is 5.75 Å². The first kappa shape index (κ1) is 31.8. The molecule has 0 saturated carbocycles. The molecule has 4 amide bonds. The minimum atomic E-state index is -1.83. The minimum Gasteiger partial charge on any atom is -0.508 e. The maximum atomic E-state index is 13.0. The molecule has 0 heterocycles. The van der Waals surface area contributed by atoms with E-state index in [1.807, 2.05) is 5.32 Å². The Kier molecular flexibility index (Phi) is 13.2. The van der Waals surface area contributed by atoms with E-state index in [-0.39, 0.29) is 18.6 Å². The number of hydrogen-bond donors (Lipinski definition) is 9. The maximum absolute atomic E-state index is 13.0. The number of rotatable bonds is 17. The van der Waals surface area contributed by atoms with E-state index in [9.17, 15) is 33.9 Å². The number of carbonyl (C=O) groups excluding carboxylic acids is 4. The second-order valence-electron chi connectivity index (χ2n) is 8.55. The summed E-state index contributed by atoms with van der Waals surface area (Å²) in [6.45, 7) is 0.315. The van der Waals surface area contributed by atoms with Crippen molar-refractivity contribution in [1.82, 2.24) is 16.0 Å². The molecule has 0 radical (unpaired) electrons. The lowest BCUT2D eigenvalue weighted by molar-refractivity contribution is -0.147. The lowest BCUT2D eigenvalue weighted by Gasteiger charge is -2.24. The average molecular weight is 539 g/mol. The number of hydrogen-bond acceptors (Lipinski definition) is 9. The molecule has 0 saturated heterocycles. The number of carbonyl (C=O) groups is 6. The first-order valence-electron chi connectivity index (χ1n) is 11.7. The van der Waals surface area contributed by atoms with E-state index >= 15 is 0 Å². The van der Waals surface area contributed by atoms with E-state index in [2.05, 4.69) is 10.6 Å². The molecule has 0 fully saturated rings. The molecule has 0 spiro atoms. The van der Waals surface area contributed by atoms with E-state index < -0.39 is 72.6 Å². The molecule has 0 bridgehead atoms. The van der Waals surface area contributed by atoms with Crippen LogP contribution in [0.25, 0.3) is 0 Å². The highest BCUT2D eigenvalue weighted by Gasteiger charge is 2.32. The monoisotopic (exact) mass is 538 g/mol. The third kappa shape index (κ3) is 11.7. The predicted molar refractivity (Wildman–Crippen MR) is 132 cm³/mol. The van der Waals surface area contributed by atoms with Crippen LogP contribution >= 0.6 is 0 Å². The molecule has 210 valence electrons. The molecular weight excluding hydrogens is 504 g/mol. The molecule has 1 aromatic carbocycles. The fraction of sp³-hybridized carbons (Fsp3) is 0.478. The summed E-state index contributed by atoms with van der Waals surface area (Å²) >= 11 is 0. The van der Waals surface area contributed by atoms with Crippen molar-refractivity contribution >= 4 is 35.6 Å². The minimum absolute atomic E-state index is 0.0376. The molecule has 1 rings (SSSR count). The van der Waals surface area contributed by atoms with Crippen molar-refractivity contribution in [3.8, 4) is 5.75 Å². The van der Waals surface area contributed by atoms with E-state index in [1.165, 1.54) is 12.1 Å². The number of nitrogens with one attached hydrogen (secondary N) is 3. The summed E-state index contributed by atoms with van der Waals surface area (Å²) in [4.78, 5) is 72.0. The van der Waals surface area contributed by atoms with Crippen molar-refractivity contribution in [3.63, 3.8) is 0 Å². The van der Waals surface area contributed by atoms with Gasteiger partial charge in [-0.25, -0.2) is 4.79 Å². The van der Waals surface area contributed by atoms with Crippen molar-refractivity contribution in [2.75, 3.05) is 6.54 Å². The standard InChI is InChI=1S/C23H34N6O9/c24-8-2-1-3-15(27-20(34)14(25)9-12-4-6-13(30)7-5-12)21(35)28-16(10-18(26)31)22(36)29-17(23(37)38)11-19(32)33/h4-7,14-17,30H,1-3,8-11,24-25H2,(H2,26,31)(H,27,34)(H,28,35)(H,29,36)(H,32,33)(H,37,38)/t14-,15-,16-,17-/m0/s1. The Labute approximate surface area is 218 Å². The van der Waals surface area contributed by atoms with Gasteiger partial charge >= 0.3 is 11.9 Å². The lowest BCUT2D eigenvalue weighted by atomic mass is 10.0. The maximum Gasteiger partial charge on any atom is 0.326 e. The Hall–Kier alpha value is -4.24. The number of primary amides is 1. The van der Waals surface area contributed by atoms with Crippen molar-refractivity contribution in [2.45, 2.75) is 62.7 Å². The van der Waals surface area contributed by atoms with Crippen LogP contribution in [0.2, 0.25) is 0 Å². The summed E-state index contributed by atoms with van der Waals surface area (Å²) in [5.74, 6) is -6.82. The number of benzene rings is 1. The highest BCUT2D eigenvalue weighted by molar-refractivity contribution is 5.96. The molecule has 1 aromatic rings. The fourth-order valence-electron chi connectivity index (χ4n) is 3.35. The van der Waals surface area contributed by atoms with Gasteiger partial charge in [0.2, 0.25) is 23.6 Å². The van der Waals surface area contributed by atoms with Gasteiger partial charge in [-0.05, 0) is 49.9 Å². The summed E-state index contributed by atoms with van der Waals surface area (Å²) in [5, 5.41) is 34.1. The summed E-state index contributed by atoms with van der Waals surface area (Å²) in [7, 11) is 0. The topological polar surface area (TPSA) is 277 Å². The molecule has 12 N–H and O–H groups in total. The zero-order valence-corrected chi connectivity index (χ0v) is 20.6. The molecule has 15 heteroatoms. The number of amides is 4. The van der Waals surface area contributed by atoms with Crippen LogP contribution in [0.1, 0.15) is 37.7 Å². The smallest absolute Gasteiger partial charge is 0.326 e. The second-order valence-corrected chi connectivity index (χ2v) is 8.55. The Bertz CT molecular complexity index is 1000. The SMILES string of the molecule is NCCCC[C@H](NC(=O)[C@@H](N)Cc1ccc(O)cc1)C(=O)N[C@@H](CC(N)=O)C(=O)N[C@@H](CC(=O)O)C(=O)O. The third-order valence-electron chi connectivity index (χ3n) is 5.34. The van der Waals surface area contributed by atoms with Crippen LogP contribution < -0.4 is 33.2 Å². The van der Waals surface area contributed by atoms with Crippen molar-refractivity contribution in [3.05, 3.63) is 29.8 Å². The number of carboxylic acid groups (broad SMARTS) is 2. The molecule has 0 aliphatic heterocycles. The molecule has 0 aliphatic rings. The Morgan fingerprint density at radius 2 is 1.34 bits per heavy atom. The number of phenolic OH excluding ortho intramolecular Hbond substituents is 1. The van der Waals surface area contributed by atoms with Crippen LogP contribution in [-0.4, -0.2) is 81.6 Å². The van der Waals surface area contributed by atoms with Crippen molar-refractivity contribution in [2.24, 2.45) is 17.2 Å². The number of carboxylic acids is 2. The first-order valence-corrected chi connectivity index (χ1v) is 11.7. The molecule has 38 heavy (non-hydrogen) atoms. The molecule has 0 aromatic heterocycles. The van der Waals surface area contributed by atoms with Gasteiger partial charge in [-0.3, -0.25) is 24.0 Å². The summed E-state index contributed by atoms with van der Waals surface area (Å²) < 4.78 is 0. The average Bonchev–Trinajstić information content (AvgIpc) is 2.83. The Morgan fingerprint density at radius 3 is 1.87 bits per heavy atom. The lowest BCUT2D eigenvalue weighted by Crippen LogP contribution is -2.58. The number of phenols is 1. The summed E-state index contributed by atoms with van der Waals surface area (Å²) in [6, 6.07) is 0.279. The quantitative estimate of drug-likeness (QED) is 0.0918. The summed E-state index contributed by atoms with van der Waals surface area (Å²) in [5.41, 5.74) is 17.3. The van der Waals surface area contributed by atoms with Crippen LogP contribution in [0.3, 0.4) is 0 Å². The summed E-state index contributed by atoms with van der Waals surface area (Å²) in [6.07, 6.45) is -0.553. The van der Waals surface area contributed by atoms with Gasteiger partial charge in [0.1, 0.15) is 23.9 Å². The van der Waals surface area contributed by atoms with Gasteiger partial charge in [0.25, 0.3) is 0 Å². The van der Waals surface area contributed by atoms with Crippen molar-refractivity contribution < 1.29 is 44.1 Å². The highest BCUT2D eigenvalue weighted by atomic mass is 16.4. The molecular formula is C23H34N6O9. The zero-order valence-electron chi connectivity index (χ0n) is 20.6. The second kappa shape index (κ2) is 15.8. The fourth-order valence-corrected chi connectivity index (χ4v) is 3.35. The van der Waals surface area contributed by atoms with Crippen molar-refractivity contribution in [1.29, 1.82) is 0 Å². The van der Waals surface area contributed by atoms with Crippen LogP contribution in [0, 0.1) is 0 Å².